The molecule has 1 aromatic heterocycles. The molecule has 0 saturated carbocycles. The highest BCUT2D eigenvalue weighted by Crippen LogP contribution is 2.22. The quantitative estimate of drug-likeness (QED) is 0.850. The first-order valence-corrected chi connectivity index (χ1v) is 7.97. The number of amides is 1. The molecule has 122 valence electrons. The van der Waals surface area contributed by atoms with Gasteiger partial charge in [-0.2, -0.15) is 0 Å². The smallest absolute Gasteiger partial charge is 0.326 e. The van der Waals surface area contributed by atoms with E-state index in [1.165, 1.54) is 23.5 Å². The molecule has 5 nitrogen and oxygen atoms in total. The number of carboxylic acid groups (broad SMARTS) is 1. The molecule has 0 aliphatic rings. The molecule has 0 bridgehead atoms. The van der Waals surface area contributed by atoms with Crippen LogP contribution in [0.5, 0.6) is 0 Å². The zero-order valence-electron chi connectivity index (χ0n) is 12.7. The van der Waals surface area contributed by atoms with Gasteiger partial charge in [0, 0.05) is 10.9 Å². The summed E-state index contributed by atoms with van der Waals surface area (Å²) >= 11 is 1.31. The van der Waals surface area contributed by atoms with Crippen LogP contribution in [0.2, 0.25) is 0 Å². The predicted octanol–water partition coefficient (Wildman–Crippen LogP) is 2.72. The number of aromatic nitrogens is 1. The van der Waals surface area contributed by atoms with Crippen LogP contribution in [0.15, 0.2) is 29.6 Å². The third-order valence-corrected chi connectivity index (χ3v) is 4.10. The molecule has 0 unspecified atom stereocenters. The number of carboxylic acids is 1. The van der Waals surface area contributed by atoms with Crippen molar-refractivity contribution >= 4 is 23.2 Å². The highest BCUT2D eigenvalue weighted by Gasteiger charge is 2.23. The number of hydrogen-bond acceptors (Lipinski definition) is 4. The Hall–Kier alpha value is -2.28. The fraction of sp³-hybridized carbons (Fsp3) is 0.312. The average molecular weight is 336 g/mol. The van der Waals surface area contributed by atoms with Gasteiger partial charge in [-0.1, -0.05) is 13.8 Å². The van der Waals surface area contributed by atoms with E-state index in [4.69, 9.17) is 5.11 Å². The molecular weight excluding hydrogens is 319 g/mol. The van der Waals surface area contributed by atoms with E-state index in [0.717, 1.165) is 5.56 Å². The van der Waals surface area contributed by atoms with Crippen LogP contribution in [0.4, 0.5) is 4.39 Å². The van der Waals surface area contributed by atoms with Gasteiger partial charge in [-0.05, 0) is 30.2 Å². The van der Waals surface area contributed by atoms with Crippen LogP contribution in [-0.4, -0.2) is 28.0 Å². The first kappa shape index (κ1) is 17.1. The number of aliphatic carboxylic acids is 1. The van der Waals surface area contributed by atoms with Crippen molar-refractivity contribution in [1.29, 1.82) is 0 Å². The van der Waals surface area contributed by atoms with Crippen molar-refractivity contribution in [2.24, 2.45) is 5.92 Å². The predicted molar refractivity (Wildman–Crippen MR) is 85.6 cm³/mol. The van der Waals surface area contributed by atoms with Crippen molar-refractivity contribution < 1.29 is 19.1 Å². The van der Waals surface area contributed by atoms with E-state index in [2.05, 4.69) is 10.3 Å². The number of halogens is 1. The number of thiazole rings is 1. The highest BCUT2D eigenvalue weighted by molar-refractivity contribution is 7.10. The van der Waals surface area contributed by atoms with Gasteiger partial charge < -0.3 is 10.4 Å². The molecule has 1 aromatic carbocycles. The Kier molecular flexibility index (Phi) is 5.44. The maximum Gasteiger partial charge on any atom is 0.326 e. The summed E-state index contributed by atoms with van der Waals surface area (Å²) in [4.78, 5) is 27.4. The molecule has 2 rings (SSSR count). The molecule has 23 heavy (non-hydrogen) atoms. The lowest BCUT2D eigenvalue weighted by Crippen LogP contribution is -2.44. The third-order valence-electron chi connectivity index (χ3n) is 3.25. The molecule has 0 spiro atoms. The average Bonchev–Trinajstić information content (AvgIpc) is 2.93. The second-order valence-electron chi connectivity index (χ2n) is 5.44. The van der Waals surface area contributed by atoms with Crippen molar-refractivity contribution in [2.45, 2.75) is 26.3 Å². The minimum atomic E-state index is -1.06. The Morgan fingerprint density at radius 3 is 2.52 bits per heavy atom. The Bertz CT molecular complexity index is 698. The van der Waals surface area contributed by atoms with Crippen molar-refractivity contribution in [3.63, 3.8) is 0 Å². The van der Waals surface area contributed by atoms with Crippen molar-refractivity contribution in [2.75, 3.05) is 0 Å². The summed E-state index contributed by atoms with van der Waals surface area (Å²) in [6, 6.07) is 5.02. The maximum atomic E-state index is 12.9. The SMILES string of the molecule is CC(C)[C@H](NC(=O)Cc1nc(-c2ccc(F)cc2)cs1)C(=O)O. The monoisotopic (exact) mass is 336 g/mol. The van der Waals surface area contributed by atoms with Gasteiger partial charge >= 0.3 is 5.97 Å². The summed E-state index contributed by atoms with van der Waals surface area (Å²) in [6.45, 7) is 3.46. The van der Waals surface area contributed by atoms with Crippen molar-refractivity contribution in [3.05, 3.63) is 40.5 Å². The fourth-order valence-electron chi connectivity index (χ4n) is 2.02. The van der Waals surface area contributed by atoms with E-state index in [1.807, 2.05) is 0 Å². The van der Waals surface area contributed by atoms with Crippen LogP contribution >= 0.6 is 11.3 Å². The largest absolute Gasteiger partial charge is 0.480 e. The minimum absolute atomic E-state index is 0.0162. The highest BCUT2D eigenvalue weighted by atomic mass is 32.1. The standard InChI is InChI=1S/C16H17FN2O3S/c1-9(2)15(16(21)22)19-13(20)7-14-18-12(8-23-14)10-3-5-11(17)6-4-10/h3-6,8-9,15H,7H2,1-2H3,(H,19,20)(H,21,22)/t15-/m0/s1. The second-order valence-corrected chi connectivity index (χ2v) is 6.38. The van der Waals surface area contributed by atoms with Crippen LogP contribution in [0.1, 0.15) is 18.9 Å². The number of benzene rings is 1. The topological polar surface area (TPSA) is 79.3 Å². The maximum absolute atomic E-state index is 12.9. The molecule has 7 heteroatoms. The fourth-order valence-corrected chi connectivity index (χ4v) is 2.82. The van der Waals surface area contributed by atoms with Crippen LogP contribution in [0.25, 0.3) is 11.3 Å². The molecule has 0 aliphatic carbocycles. The zero-order chi connectivity index (χ0) is 17.0. The molecule has 1 heterocycles. The number of nitrogens with one attached hydrogen (secondary N) is 1. The van der Waals surface area contributed by atoms with Gasteiger partial charge in [0.2, 0.25) is 5.91 Å². The van der Waals surface area contributed by atoms with Gasteiger partial charge in [-0.3, -0.25) is 4.79 Å². The Labute approximate surface area is 137 Å². The lowest BCUT2D eigenvalue weighted by atomic mass is 10.0. The second kappa shape index (κ2) is 7.32. The minimum Gasteiger partial charge on any atom is -0.480 e. The first-order valence-electron chi connectivity index (χ1n) is 7.09. The normalized spacial score (nSPS) is 12.2. The molecule has 0 saturated heterocycles. The number of carbonyl (C=O) groups is 2. The molecule has 0 fully saturated rings. The Morgan fingerprint density at radius 1 is 1.30 bits per heavy atom. The molecule has 1 atom stereocenters. The van der Waals surface area contributed by atoms with Crippen molar-refractivity contribution in [1.82, 2.24) is 10.3 Å². The molecule has 2 aromatic rings. The Morgan fingerprint density at radius 2 is 1.96 bits per heavy atom. The van der Waals surface area contributed by atoms with Crippen LogP contribution in [0, 0.1) is 11.7 Å². The number of rotatable bonds is 6. The summed E-state index contributed by atoms with van der Waals surface area (Å²) in [5, 5.41) is 13.9. The Balaban J connectivity index is 2.02. The number of carbonyl (C=O) groups excluding carboxylic acids is 1. The first-order chi connectivity index (χ1) is 10.9. The van der Waals surface area contributed by atoms with Gasteiger partial charge in [-0.15, -0.1) is 11.3 Å². The van der Waals surface area contributed by atoms with Gasteiger partial charge in [0.1, 0.15) is 16.9 Å². The van der Waals surface area contributed by atoms with E-state index in [-0.39, 0.29) is 24.1 Å². The summed E-state index contributed by atoms with van der Waals surface area (Å²) < 4.78 is 12.9. The van der Waals surface area contributed by atoms with Gasteiger partial charge in [-0.25, -0.2) is 14.2 Å². The summed E-state index contributed by atoms with van der Waals surface area (Å²) in [7, 11) is 0. The van der Waals surface area contributed by atoms with E-state index < -0.39 is 12.0 Å². The number of hydrogen-bond donors (Lipinski definition) is 2. The van der Waals surface area contributed by atoms with E-state index in [0.29, 0.717) is 10.7 Å². The molecular formula is C16H17FN2O3S. The summed E-state index contributed by atoms with van der Waals surface area (Å²) in [5.41, 5.74) is 1.43. The summed E-state index contributed by atoms with van der Waals surface area (Å²) in [6.07, 6.45) is 0.0162. The van der Waals surface area contributed by atoms with Gasteiger partial charge in [0.25, 0.3) is 0 Å². The van der Waals surface area contributed by atoms with Crippen LogP contribution < -0.4 is 5.32 Å². The van der Waals surface area contributed by atoms with Crippen LogP contribution in [0.3, 0.4) is 0 Å². The molecule has 2 N–H and O–H groups in total. The summed E-state index contributed by atoms with van der Waals surface area (Å²) in [5.74, 6) is -1.97. The van der Waals surface area contributed by atoms with Crippen LogP contribution in [-0.2, 0) is 16.0 Å². The molecule has 0 aliphatic heterocycles. The van der Waals surface area contributed by atoms with Gasteiger partial charge in [0.15, 0.2) is 0 Å². The number of nitrogens with zero attached hydrogens (tertiary/aromatic N) is 1. The molecule has 0 radical (unpaired) electrons. The van der Waals surface area contributed by atoms with E-state index in [1.54, 1.807) is 31.4 Å². The third kappa shape index (κ3) is 4.59. The lowest BCUT2D eigenvalue weighted by Gasteiger charge is -2.17. The van der Waals surface area contributed by atoms with Crippen molar-refractivity contribution in [3.8, 4) is 11.3 Å². The van der Waals surface area contributed by atoms with E-state index >= 15 is 0 Å². The zero-order valence-corrected chi connectivity index (χ0v) is 13.6. The lowest BCUT2D eigenvalue weighted by molar-refractivity contribution is -0.143. The van der Waals surface area contributed by atoms with E-state index in [9.17, 15) is 14.0 Å². The molecule has 1 amide bonds. The van der Waals surface area contributed by atoms with Gasteiger partial charge in [0.05, 0.1) is 12.1 Å².